The number of hydrogen-bond acceptors (Lipinski definition) is 8. The quantitative estimate of drug-likeness (QED) is 0.575. The van der Waals surface area contributed by atoms with E-state index in [1.54, 1.807) is 0 Å². The van der Waals surface area contributed by atoms with E-state index in [2.05, 4.69) is 4.90 Å². The average molecular weight is 504 g/mol. The van der Waals surface area contributed by atoms with Gasteiger partial charge in [0.05, 0.1) is 44.6 Å². The standard InChI is InChI=1S/C26H33NO7S/c35-26(27-7-9-28-10-8-27)20-21-5-6-24-25(19-21)34-18-14-30-12-16-32-23-4-2-1-3-22(23)31-15-11-29-13-17-33-24/h1-6,19H,7-18,20H2. The number of morpholine rings is 1. The number of rotatable bonds is 2. The number of hydrogen-bond donors (Lipinski definition) is 0. The van der Waals surface area contributed by atoms with Crippen LogP contribution in [-0.4, -0.2) is 89.0 Å². The van der Waals surface area contributed by atoms with Crippen molar-refractivity contribution in [2.75, 3.05) is 79.2 Å². The molecule has 8 nitrogen and oxygen atoms in total. The summed E-state index contributed by atoms with van der Waals surface area (Å²) in [7, 11) is 0. The Morgan fingerprint density at radius 1 is 0.600 bits per heavy atom. The number of ether oxygens (including phenoxy) is 7. The molecule has 0 unspecified atom stereocenters. The van der Waals surface area contributed by atoms with Crippen LogP contribution in [0.15, 0.2) is 42.5 Å². The van der Waals surface area contributed by atoms with Crippen LogP contribution in [0.5, 0.6) is 23.0 Å². The molecule has 2 heterocycles. The summed E-state index contributed by atoms with van der Waals surface area (Å²) in [4.78, 5) is 3.11. The molecule has 0 spiro atoms. The Morgan fingerprint density at radius 2 is 1.09 bits per heavy atom. The van der Waals surface area contributed by atoms with Gasteiger partial charge in [0.2, 0.25) is 0 Å². The molecule has 0 radical (unpaired) electrons. The molecule has 35 heavy (non-hydrogen) atoms. The molecule has 0 N–H and O–H groups in total. The number of benzene rings is 2. The van der Waals surface area contributed by atoms with Crippen LogP contribution in [0, 0.1) is 0 Å². The molecule has 2 aromatic rings. The minimum absolute atomic E-state index is 0.393. The van der Waals surface area contributed by atoms with Gasteiger partial charge in [0.15, 0.2) is 23.0 Å². The first kappa shape index (κ1) is 25.5. The number of thiocarbonyl (C=S) groups is 1. The lowest BCUT2D eigenvalue weighted by molar-refractivity contribution is 0.0640. The van der Waals surface area contributed by atoms with E-state index in [1.807, 2.05) is 42.5 Å². The maximum absolute atomic E-state index is 6.03. The van der Waals surface area contributed by atoms with Crippen molar-refractivity contribution >= 4 is 17.2 Å². The first-order chi connectivity index (χ1) is 17.3. The molecule has 0 aromatic heterocycles. The Morgan fingerprint density at radius 3 is 1.66 bits per heavy atom. The molecule has 2 aromatic carbocycles. The molecule has 2 aliphatic heterocycles. The van der Waals surface area contributed by atoms with Crippen molar-refractivity contribution in [1.82, 2.24) is 4.90 Å². The van der Waals surface area contributed by atoms with Gasteiger partial charge in [0.1, 0.15) is 26.4 Å². The van der Waals surface area contributed by atoms with Gasteiger partial charge in [-0.05, 0) is 29.8 Å². The van der Waals surface area contributed by atoms with Crippen molar-refractivity contribution in [3.05, 3.63) is 48.0 Å². The van der Waals surface area contributed by atoms with Gasteiger partial charge in [0, 0.05) is 19.5 Å². The lowest BCUT2D eigenvalue weighted by Crippen LogP contribution is -2.40. The van der Waals surface area contributed by atoms with Crippen LogP contribution in [0.25, 0.3) is 0 Å². The Hall–Kier alpha value is -2.59. The summed E-state index contributed by atoms with van der Waals surface area (Å²) in [6, 6.07) is 13.5. The molecule has 0 atom stereocenters. The van der Waals surface area contributed by atoms with E-state index in [4.69, 9.17) is 45.4 Å². The molecule has 0 saturated carbocycles. The zero-order valence-corrected chi connectivity index (χ0v) is 20.8. The van der Waals surface area contributed by atoms with E-state index >= 15 is 0 Å². The van der Waals surface area contributed by atoms with Crippen LogP contribution >= 0.6 is 12.2 Å². The Labute approximate surface area is 211 Å². The molecule has 4 rings (SSSR count). The van der Waals surface area contributed by atoms with Crippen molar-refractivity contribution in [3.63, 3.8) is 0 Å². The average Bonchev–Trinajstić information content (AvgIpc) is 2.89. The van der Waals surface area contributed by atoms with Crippen molar-refractivity contribution in [3.8, 4) is 23.0 Å². The third kappa shape index (κ3) is 8.24. The van der Waals surface area contributed by atoms with Gasteiger partial charge in [-0.1, -0.05) is 30.4 Å². The summed E-state index contributed by atoms with van der Waals surface area (Å²) in [5.41, 5.74) is 1.08. The number of fused-ring (bicyclic) bond motifs is 2. The third-order valence-electron chi connectivity index (χ3n) is 5.52. The summed E-state index contributed by atoms with van der Waals surface area (Å²) in [6.07, 6.45) is 0.671. The van der Waals surface area contributed by atoms with Gasteiger partial charge in [-0.2, -0.15) is 0 Å². The predicted octanol–water partition coefficient (Wildman–Crippen LogP) is 3.15. The van der Waals surface area contributed by atoms with Gasteiger partial charge < -0.3 is 38.1 Å². The summed E-state index contributed by atoms with van der Waals surface area (Å²) in [5.74, 6) is 2.72. The van der Waals surface area contributed by atoms with E-state index in [9.17, 15) is 0 Å². The molecule has 0 bridgehead atoms. The van der Waals surface area contributed by atoms with Gasteiger partial charge in [-0.25, -0.2) is 0 Å². The van der Waals surface area contributed by atoms with Gasteiger partial charge >= 0.3 is 0 Å². The summed E-state index contributed by atoms with van der Waals surface area (Å²) in [6.45, 7) is 6.49. The summed E-state index contributed by atoms with van der Waals surface area (Å²) in [5, 5.41) is 0. The molecule has 2 aliphatic rings. The zero-order valence-electron chi connectivity index (χ0n) is 19.9. The Kier molecular flexibility index (Phi) is 10.3. The van der Waals surface area contributed by atoms with Crippen molar-refractivity contribution in [2.24, 2.45) is 0 Å². The van der Waals surface area contributed by atoms with Crippen LogP contribution in [0.2, 0.25) is 0 Å². The third-order valence-corrected chi connectivity index (χ3v) is 5.92. The zero-order chi connectivity index (χ0) is 24.1. The normalized spacial score (nSPS) is 18.2. The lowest BCUT2D eigenvalue weighted by Gasteiger charge is -2.29. The highest BCUT2D eigenvalue weighted by Gasteiger charge is 2.15. The topological polar surface area (TPSA) is 67.9 Å². The monoisotopic (exact) mass is 503 g/mol. The second-order valence-electron chi connectivity index (χ2n) is 8.02. The molecule has 9 heteroatoms. The molecule has 1 fully saturated rings. The molecular weight excluding hydrogens is 470 g/mol. The maximum Gasteiger partial charge on any atom is 0.161 e. The van der Waals surface area contributed by atoms with Crippen molar-refractivity contribution < 1.29 is 33.2 Å². The highest BCUT2D eigenvalue weighted by atomic mass is 32.1. The maximum atomic E-state index is 6.03. The van der Waals surface area contributed by atoms with Crippen LogP contribution in [0.4, 0.5) is 0 Å². The largest absolute Gasteiger partial charge is 0.487 e. The lowest BCUT2D eigenvalue weighted by atomic mass is 10.1. The second-order valence-corrected chi connectivity index (χ2v) is 8.49. The van der Waals surface area contributed by atoms with Crippen LogP contribution in [0.1, 0.15) is 5.56 Å². The van der Waals surface area contributed by atoms with Crippen LogP contribution in [-0.2, 0) is 20.6 Å². The number of nitrogens with zero attached hydrogens (tertiary/aromatic N) is 1. The van der Waals surface area contributed by atoms with Crippen molar-refractivity contribution in [1.29, 1.82) is 0 Å². The van der Waals surface area contributed by atoms with Crippen molar-refractivity contribution in [2.45, 2.75) is 6.42 Å². The van der Waals surface area contributed by atoms with E-state index in [1.165, 1.54) is 0 Å². The Bertz CT molecular complexity index is 936. The summed E-state index contributed by atoms with van der Waals surface area (Å²) < 4.78 is 40.4. The van der Waals surface area contributed by atoms with E-state index in [0.29, 0.717) is 95.5 Å². The van der Waals surface area contributed by atoms with E-state index in [-0.39, 0.29) is 0 Å². The van der Waals surface area contributed by atoms with Gasteiger partial charge in [-0.15, -0.1) is 0 Å². The minimum atomic E-state index is 0.393. The first-order valence-corrected chi connectivity index (χ1v) is 12.4. The van der Waals surface area contributed by atoms with Gasteiger partial charge in [0.25, 0.3) is 0 Å². The fourth-order valence-corrected chi connectivity index (χ4v) is 4.08. The highest BCUT2D eigenvalue weighted by molar-refractivity contribution is 7.80. The SMILES string of the molecule is S=C(Cc1ccc2c(c1)OCCOCCOc1ccccc1OCCOCCO2)N1CCOCC1. The molecule has 1 saturated heterocycles. The van der Waals surface area contributed by atoms with E-state index in [0.717, 1.165) is 23.6 Å². The number of para-hydroxylation sites is 2. The van der Waals surface area contributed by atoms with E-state index < -0.39 is 0 Å². The molecule has 0 amide bonds. The molecule has 0 aliphatic carbocycles. The smallest absolute Gasteiger partial charge is 0.161 e. The first-order valence-electron chi connectivity index (χ1n) is 12.0. The minimum Gasteiger partial charge on any atom is -0.487 e. The predicted molar refractivity (Wildman–Crippen MR) is 135 cm³/mol. The fraction of sp³-hybridized carbons (Fsp3) is 0.500. The fourth-order valence-electron chi connectivity index (χ4n) is 3.73. The van der Waals surface area contributed by atoms with Gasteiger partial charge in [-0.3, -0.25) is 0 Å². The molecule has 190 valence electrons. The second kappa shape index (κ2) is 14.1. The molecular formula is C26H33NO7S. The van der Waals surface area contributed by atoms with Crippen LogP contribution < -0.4 is 18.9 Å². The van der Waals surface area contributed by atoms with Crippen LogP contribution in [0.3, 0.4) is 0 Å². The summed E-state index contributed by atoms with van der Waals surface area (Å²) >= 11 is 5.67. The Balaban J connectivity index is 1.35. The highest BCUT2D eigenvalue weighted by Crippen LogP contribution is 2.29.